The second-order valence-electron chi connectivity index (χ2n) is 5.24. The lowest BCUT2D eigenvalue weighted by molar-refractivity contribution is 0.154. The molecule has 0 aromatic rings. The largest absolute Gasteiger partial charge is 0.314 e. The molecule has 1 N–H and O–H groups in total. The van der Waals surface area contributed by atoms with Crippen molar-refractivity contribution in [1.82, 2.24) is 15.1 Å². The van der Waals surface area contributed by atoms with Crippen LogP contribution in [0.25, 0.3) is 0 Å². The fourth-order valence-electron chi connectivity index (χ4n) is 2.38. The van der Waals surface area contributed by atoms with Gasteiger partial charge < -0.3 is 5.32 Å². The molecule has 0 aromatic carbocycles. The van der Waals surface area contributed by atoms with Gasteiger partial charge in [0.1, 0.15) is 0 Å². The third kappa shape index (κ3) is 5.84. The molecule has 17 heavy (non-hydrogen) atoms. The maximum Gasteiger partial charge on any atom is 0.0112 e. The van der Waals surface area contributed by atoms with E-state index in [1.54, 1.807) is 0 Å². The van der Waals surface area contributed by atoms with Gasteiger partial charge in [-0.3, -0.25) is 9.80 Å². The smallest absolute Gasteiger partial charge is 0.0112 e. The predicted octanol–water partition coefficient (Wildman–Crippen LogP) is 1.79. The third-order valence-corrected chi connectivity index (χ3v) is 3.93. The highest BCUT2D eigenvalue weighted by Crippen LogP contribution is 2.06. The minimum absolute atomic E-state index is 0.740. The van der Waals surface area contributed by atoms with Gasteiger partial charge in [0.05, 0.1) is 0 Å². The van der Waals surface area contributed by atoms with Crippen LogP contribution >= 0.6 is 0 Å². The summed E-state index contributed by atoms with van der Waals surface area (Å²) < 4.78 is 0. The topological polar surface area (TPSA) is 18.5 Å². The zero-order valence-electron chi connectivity index (χ0n) is 12.0. The molecule has 1 aliphatic rings. The molecule has 1 atom stereocenters. The van der Waals surface area contributed by atoms with Gasteiger partial charge >= 0.3 is 0 Å². The van der Waals surface area contributed by atoms with Crippen molar-refractivity contribution >= 4 is 0 Å². The Morgan fingerprint density at radius 1 is 1.18 bits per heavy atom. The van der Waals surface area contributed by atoms with Crippen LogP contribution in [0.4, 0.5) is 0 Å². The van der Waals surface area contributed by atoms with Gasteiger partial charge in [0, 0.05) is 45.3 Å². The molecule has 0 aliphatic carbocycles. The number of nitrogens with one attached hydrogen (secondary N) is 1. The van der Waals surface area contributed by atoms with Crippen molar-refractivity contribution in [3.8, 4) is 0 Å². The van der Waals surface area contributed by atoms with E-state index in [9.17, 15) is 0 Å². The van der Waals surface area contributed by atoms with Crippen LogP contribution in [0.3, 0.4) is 0 Å². The molecule has 3 heteroatoms. The zero-order valence-corrected chi connectivity index (χ0v) is 12.0. The Labute approximate surface area is 108 Å². The molecule has 0 radical (unpaired) electrons. The number of hydrogen-bond acceptors (Lipinski definition) is 3. The normalized spacial score (nSPS) is 19.8. The maximum absolute atomic E-state index is 3.42. The van der Waals surface area contributed by atoms with Crippen molar-refractivity contribution in [3.63, 3.8) is 0 Å². The molecular formula is C14H31N3. The summed E-state index contributed by atoms with van der Waals surface area (Å²) in [5.41, 5.74) is 0. The van der Waals surface area contributed by atoms with Crippen molar-refractivity contribution in [3.05, 3.63) is 0 Å². The molecule has 1 heterocycles. The molecule has 1 rings (SSSR count). The highest BCUT2D eigenvalue weighted by molar-refractivity contribution is 4.72. The first-order chi connectivity index (χ1) is 8.27. The second-order valence-corrected chi connectivity index (χ2v) is 5.24. The quantitative estimate of drug-likeness (QED) is 0.699. The maximum atomic E-state index is 3.42. The number of unbranched alkanes of at least 4 members (excludes halogenated alkanes) is 1. The molecule has 1 aliphatic heterocycles. The van der Waals surface area contributed by atoms with E-state index in [1.807, 2.05) is 0 Å². The first-order valence-corrected chi connectivity index (χ1v) is 7.45. The van der Waals surface area contributed by atoms with Crippen LogP contribution in [-0.4, -0.2) is 61.7 Å². The van der Waals surface area contributed by atoms with Gasteiger partial charge in [-0.2, -0.15) is 0 Å². The molecule has 1 saturated heterocycles. The van der Waals surface area contributed by atoms with Gasteiger partial charge in [-0.05, 0) is 26.3 Å². The molecule has 0 saturated carbocycles. The van der Waals surface area contributed by atoms with E-state index in [0.717, 1.165) is 19.1 Å². The van der Waals surface area contributed by atoms with E-state index in [4.69, 9.17) is 0 Å². The summed E-state index contributed by atoms with van der Waals surface area (Å²) in [7, 11) is 0. The molecule has 0 aromatic heterocycles. The van der Waals surface area contributed by atoms with E-state index in [-0.39, 0.29) is 0 Å². The highest BCUT2D eigenvalue weighted by Gasteiger charge is 2.14. The van der Waals surface area contributed by atoms with E-state index in [2.05, 4.69) is 35.9 Å². The summed E-state index contributed by atoms with van der Waals surface area (Å²) in [6, 6.07) is 0.740. The van der Waals surface area contributed by atoms with Crippen molar-refractivity contribution < 1.29 is 0 Å². The standard InChI is InChI=1S/C14H31N3/c1-4-6-9-17(14(3)5-2)13-12-16-10-7-15-8-11-16/h14-15H,4-13H2,1-3H3. The summed E-state index contributed by atoms with van der Waals surface area (Å²) >= 11 is 0. The van der Waals surface area contributed by atoms with Gasteiger partial charge in [0.25, 0.3) is 0 Å². The predicted molar refractivity (Wildman–Crippen MR) is 75.5 cm³/mol. The lowest BCUT2D eigenvalue weighted by Gasteiger charge is -2.33. The molecule has 0 amide bonds. The van der Waals surface area contributed by atoms with Gasteiger partial charge in [-0.1, -0.05) is 20.3 Å². The van der Waals surface area contributed by atoms with E-state index in [1.165, 1.54) is 52.0 Å². The molecule has 1 fully saturated rings. The summed E-state index contributed by atoms with van der Waals surface area (Å²) in [4.78, 5) is 5.27. The van der Waals surface area contributed by atoms with Crippen LogP contribution < -0.4 is 5.32 Å². The van der Waals surface area contributed by atoms with Crippen LogP contribution in [0.2, 0.25) is 0 Å². The van der Waals surface area contributed by atoms with Gasteiger partial charge in [0.15, 0.2) is 0 Å². The Morgan fingerprint density at radius 2 is 1.88 bits per heavy atom. The number of nitrogens with zero attached hydrogens (tertiary/aromatic N) is 2. The first kappa shape index (κ1) is 14.9. The molecule has 102 valence electrons. The summed E-state index contributed by atoms with van der Waals surface area (Å²) in [5.74, 6) is 0. The van der Waals surface area contributed by atoms with E-state index in [0.29, 0.717) is 0 Å². The monoisotopic (exact) mass is 241 g/mol. The summed E-state index contributed by atoms with van der Waals surface area (Å²) in [5, 5.41) is 3.42. The van der Waals surface area contributed by atoms with E-state index >= 15 is 0 Å². The van der Waals surface area contributed by atoms with Crippen LogP contribution in [0.5, 0.6) is 0 Å². The molecular weight excluding hydrogens is 210 g/mol. The number of hydrogen-bond donors (Lipinski definition) is 1. The van der Waals surface area contributed by atoms with Gasteiger partial charge in [0.2, 0.25) is 0 Å². The Bertz CT molecular complexity index is 178. The Balaban J connectivity index is 2.26. The molecule has 3 nitrogen and oxygen atoms in total. The van der Waals surface area contributed by atoms with Crippen LogP contribution in [0, 0.1) is 0 Å². The van der Waals surface area contributed by atoms with Gasteiger partial charge in [-0.15, -0.1) is 0 Å². The van der Waals surface area contributed by atoms with Crippen molar-refractivity contribution in [1.29, 1.82) is 0 Å². The molecule has 1 unspecified atom stereocenters. The highest BCUT2D eigenvalue weighted by atomic mass is 15.2. The lowest BCUT2D eigenvalue weighted by atomic mass is 10.2. The van der Waals surface area contributed by atoms with Crippen molar-refractivity contribution in [2.45, 2.75) is 46.1 Å². The SMILES string of the molecule is CCCCN(CCN1CCNCC1)C(C)CC. The summed E-state index contributed by atoms with van der Waals surface area (Å²) in [6.07, 6.45) is 3.91. The fraction of sp³-hybridized carbons (Fsp3) is 1.00. The van der Waals surface area contributed by atoms with Crippen LogP contribution in [-0.2, 0) is 0 Å². The Morgan fingerprint density at radius 3 is 2.47 bits per heavy atom. The molecule has 0 spiro atoms. The Kier molecular flexibility index (Phi) is 7.82. The lowest BCUT2D eigenvalue weighted by Crippen LogP contribution is -2.47. The Hall–Kier alpha value is -0.120. The average molecular weight is 241 g/mol. The number of piperazine rings is 1. The third-order valence-electron chi connectivity index (χ3n) is 3.93. The minimum atomic E-state index is 0.740. The second kappa shape index (κ2) is 8.90. The van der Waals surface area contributed by atoms with E-state index < -0.39 is 0 Å². The van der Waals surface area contributed by atoms with Crippen LogP contribution in [0.15, 0.2) is 0 Å². The summed E-state index contributed by atoms with van der Waals surface area (Å²) in [6.45, 7) is 15.5. The minimum Gasteiger partial charge on any atom is -0.314 e. The zero-order chi connectivity index (χ0) is 12.5. The van der Waals surface area contributed by atoms with Crippen LogP contribution in [0.1, 0.15) is 40.0 Å². The van der Waals surface area contributed by atoms with Crippen molar-refractivity contribution in [2.24, 2.45) is 0 Å². The van der Waals surface area contributed by atoms with Gasteiger partial charge in [-0.25, -0.2) is 0 Å². The first-order valence-electron chi connectivity index (χ1n) is 7.45. The fourth-order valence-corrected chi connectivity index (χ4v) is 2.38. The number of rotatable bonds is 8. The average Bonchev–Trinajstić information content (AvgIpc) is 2.39. The van der Waals surface area contributed by atoms with Crippen molar-refractivity contribution in [2.75, 3.05) is 45.8 Å². The molecule has 0 bridgehead atoms.